The maximum Gasteiger partial charge on any atom is 0.274 e. The van der Waals surface area contributed by atoms with Crippen LogP contribution in [0.3, 0.4) is 0 Å². The number of hydrogen-bond donors (Lipinski definition) is 0. The first-order valence-corrected chi connectivity index (χ1v) is 6.11. The van der Waals surface area contributed by atoms with Gasteiger partial charge in [-0.1, -0.05) is 0 Å². The molecule has 1 aliphatic heterocycles. The first kappa shape index (κ1) is 12.1. The molecule has 0 bridgehead atoms. The lowest BCUT2D eigenvalue weighted by Gasteiger charge is -2.36. The van der Waals surface area contributed by atoms with E-state index in [0.717, 1.165) is 26.2 Å². The first-order chi connectivity index (χ1) is 8.08. The third-order valence-corrected chi connectivity index (χ3v) is 3.26. The minimum atomic E-state index is 0.0500. The molecule has 1 aliphatic rings. The zero-order valence-corrected chi connectivity index (χ0v) is 10.8. The third kappa shape index (κ3) is 2.66. The Labute approximate surface area is 102 Å². The van der Waals surface area contributed by atoms with Crippen LogP contribution in [0.1, 0.15) is 24.3 Å². The quantitative estimate of drug-likeness (QED) is 0.754. The first-order valence-electron chi connectivity index (χ1n) is 6.11. The van der Waals surface area contributed by atoms with Crippen LogP contribution in [-0.4, -0.2) is 57.7 Å². The number of carbonyl (C=O) groups is 1. The number of hydrogen-bond acceptors (Lipinski definition) is 3. The second kappa shape index (κ2) is 4.87. The second-order valence-electron chi connectivity index (χ2n) is 4.80. The summed E-state index contributed by atoms with van der Waals surface area (Å²) in [5, 5.41) is 4.15. The van der Waals surface area contributed by atoms with Crippen molar-refractivity contribution < 1.29 is 4.79 Å². The van der Waals surface area contributed by atoms with Gasteiger partial charge in [-0.3, -0.25) is 14.4 Å². The third-order valence-electron chi connectivity index (χ3n) is 3.26. The molecule has 5 nitrogen and oxygen atoms in total. The molecule has 17 heavy (non-hydrogen) atoms. The molecule has 2 rings (SSSR count). The van der Waals surface area contributed by atoms with Gasteiger partial charge in [-0.2, -0.15) is 5.10 Å². The Hall–Kier alpha value is -1.36. The number of aromatic nitrogens is 2. The number of piperazine rings is 1. The van der Waals surface area contributed by atoms with Gasteiger partial charge in [0.2, 0.25) is 0 Å². The number of amides is 1. The highest BCUT2D eigenvalue weighted by Gasteiger charge is 2.24. The molecule has 1 fully saturated rings. The molecule has 2 heterocycles. The van der Waals surface area contributed by atoms with Gasteiger partial charge < -0.3 is 4.90 Å². The Morgan fingerprint density at radius 2 is 1.94 bits per heavy atom. The Morgan fingerprint density at radius 3 is 2.41 bits per heavy atom. The Balaban J connectivity index is 1.95. The highest BCUT2D eigenvalue weighted by Crippen LogP contribution is 2.09. The van der Waals surface area contributed by atoms with Gasteiger partial charge in [-0.25, -0.2) is 0 Å². The fourth-order valence-electron chi connectivity index (χ4n) is 2.13. The molecule has 1 aromatic heterocycles. The van der Waals surface area contributed by atoms with Crippen LogP contribution in [0.2, 0.25) is 0 Å². The standard InChI is InChI=1S/C12H20N4O/c1-10(2)15-6-8-16(9-7-15)12(17)11-4-5-14(3)13-11/h4-5,10H,6-9H2,1-3H3. The maximum absolute atomic E-state index is 12.1. The average molecular weight is 236 g/mol. The van der Waals surface area contributed by atoms with Crippen LogP contribution >= 0.6 is 0 Å². The molecular weight excluding hydrogens is 216 g/mol. The highest BCUT2D eigenvalue weighted by molar-refractivity contribution is 5.92. The Kier molecular flexibility index (Phi) is 3.47. The molecule has 0 aliphatic carbocycles. The van der Waals surface area contributed by atoms with Crippen molar-refractivity contribution in [2.75, 3.05) is 26.2 Å². The fourth-order valence-corrected chi connectivity index (χ4v) is 2.13. The van der Waals surface area contributed by atoms with Gasteiger partial charge in [0, 0.05) is 45.5 Å². The van der Waals surface area contributed by atoms with Crippen molar-refractivity contribution in [2.45, 2.75) is 19.9 Å². The lowest BCUT2D eigenvalue weighted by Crippen LogP contribution is -2.50. The molecule has 1 amide bonds. The smallest absolute Gasteiger partial charge is 0.274 e. The second-order valence-corrected chi connectivity index (χ2v) is 4.80. The molecule has 94 valence electrons. The number of rotatable bonds is 2. The van der Waals surface area contributed by atoms with Gasteiger partial charge >= 0.3 is 0 Å². The van der Waals surface area contributed by atoms with E-state index in [9.17, 15) is 4.79 Å². The van der Waals surface area contributed by atoms with Crippen LogP contribution in [0.15, 0.2) is 12.3 Å². The van der Waals surface area contributed by atoms with Crippen LogP contribution in [0.4, 0.5) is 0 Å². The van der Waals surface area contributed by atoms with Crippen LogP contribution in [-0.2, 0) is 7.05 Å². The van der Waals surface area contributed by atoms with Gasteiger partial charge in [0.15, 0.2) is 0 Å². The van der Waals surface area contributed by atoms with E-state index in [-0.39, 0.29) is 5.91 Å². The minimum Gasteiger partial charge on any atom is -0.335 e. The fraction of sp³-hybridized carbons (Fsp3) is 0.667. The molecule has 0 atom stereocenters. The molecule has 0 saturated carbocycles. The predicted octanol–water partition coefficient (Wildman–Crippen LogP) is 0.586. The maximum atomic E-state index is 12.1. The van der Waals surface area contributed by atoms with E-state index in [1.807, 2.05) is 11.9 Å². The summed E-state index contributed by atoms with van der Waals surface area (Å²) in [5.74, 6) is 0.0500. The molecular formula is C12H20N4O. The van der Waals surface area contributed by atoms with Crippen molar-refractivity contribution in [1.29, 1.82) is 0 Å². The van der Waals surface area contributed by atoms with Crippen molar-refractivity contribution in [3.8, 4) is 0 Å². The monoisotopic (exact) mass is 236 g/mol. The highest BCUT2D eigenvalue weighted by atomic mass is 16.2. The minimum absolute atomic E-state index is 0.0500. The molecule has 1 aromatic rings. The number of carbonyl (C=O) groups excluding carboxylic acids is 1. The number of aryl methyl sites for hydroxylation is 1. The topological polar surface area (TPSA) is 41.4 Å². The normalized spacial score (nSPS) is 17.8. The van der Waals surface area contributed by atoms with Crippen LogP contribution in [0, 0.1) is 0 Å². The average Bonchev–Trinajstić information content (AvgIpc) is 2.75. The summed E-state index contributed by atoms with van der Waals surface area (Å²) in [7, 11) is 1.83. The van der Waals surface area contributed by atoms with Crippen LogP contribution in [0.5, 0.6) is 0 Å². The van der Waals surface area contributed by atoms with E-state index in [1.54, 1.807) is 16.9 Å². The summed E-state index contributed by atoms with van der Waals surface area (Å²) in [6, 6.07) is 2.33. The molecule has 0 aromatic carbocycles. The molecule has 5 heteroatoms. The van der Waals surface area contributed by atoms with Gasteiger partial charge in [-0.05, 0) is 19.9 Å². The van der Waals surface area contributed by atoms with Crippen molar-refractivity contribution in [3.05, 3.63) is 18.0 Å². The summed E-state index contributed by atoms with van der Waals surface area (Å²) < 4.78 is 1.66. The van der Waals surface area contributed by atoms with Gasteiger partial charge in [0.1, 0.15) is 5.69 Å². The zero-order chi connectivity index (χ0) is 12.4. The number of nitrogens with zero attached hydrogens (tertiary/aromatic N) is 4. The molecule has 0 N–H and O–H groups in total. The van der Waals surface area contributed by atoms with E-state index >= 15 is 0 Å². The largest absolute Gasteiger partial charge is 0.335 e. The summed E-state index contributed by atoms with van der Waals surface area (Å²) in [5.41, 5.74) is 0.547. The van der Waals surface area contributed by atoms with Gasteiger partial charge in [-0.15, -0.1) is 0 Å². The Morgan fingerprint density at radius 1 is 1.29 bits per heavy atom. The Bertz CT molecular complexity index is 391. The zero-order valence-electron chi connectivity index (χ0n) is 10.8. The van der Waals surface area contributed by atoms with E-state index in [1.165, 1.54) is 0 Å². The summed E-state index contributed by atoms with van der Waals surface area (Å²) in [4.78, 5) is 16.4. The van der Waals surface area contributed by atoms with E-state index in [2.05, 4.69) is 23.8 Å². The van der Waals surface area contributed by atoms with Gasteiger partial charge in [0.05, 0.1) is 0 Å². The summed E-state index contributed by atoms with van der Waals surface area (Å²) in [6.45, 7) is 7.89. The SMILES string of the molecule is CC(C)N1CCN(C(=O)c2ccn(C)n2)CC1. The van der Waals surface area contributed by atoms with E-state index in [0.29, 0.717) is 11.7 Å². The van der Waals surface area contributed by atoms with Crippen LogP contribution < -0.4 is 0 Å². The van der Waals surface area contributed by atoms with Crippen molar-refractivity contribution in [3.63, 3.8) is 0 Å². The van der Waals surface area contributed by atoms with E-state index < -0.39 is 0 Å². The molecule has 1 saturated heterocycles. The van der Waals surface area contributed by atoms with E-state index in [4.69, 9.17) is 0 Å². The molecule has 0 spiro atoms. The van der Waals surface area contributed by atoms with Crippen LogP contribution in [0.25, 0.3) is 0 Å². The van der Waals surface area contributed by atoms with Crippen molar-refractivity contribution in [1.82, 2.24) is 19.6 Å². The van der Waals surface area contributed by atoms with Crippen molar-refractivity contribution in [2.24, 2.45) is 7.05 Å². The van der Waals surface area contributed by atoms with Crippen molar-refractivity contribution >= 4 is 5.91 Å². The lowest BCUT2D eigenvalue weighted by molar-refractivity contribution is 0.0589. The predicted molar refractivity (Wildman–Crippen MR) is 65.8 cm³/mol. The summed E-state index contributed by atoms with van der Waals surface area (Å²) >= 11 is 0. The van der Waals surface area contributed by atoms with Gasteiger partial charge in [0.25, 0.3) is 5.91 Å². The molecule has 0 unspecified atom stereocenters. The molecule has 0 radical (unpaired) electrons. The lowest BCUT2D eigenvalue weighted by atomic mass is 10.2. The summed E-state index contributed by atoms with van der Waals surface area (Å²) in [6.07, 6.45) is 1.80.